The Morgan fingerprint density at radius 1 is 1.24 bits per heavy atom. The first-order chi connectivity index (χ1) is 8.27. The van der Waals surface area contributed by atoms with Crippen molar-refractivity contribution in [2.45, 2.75) is 6.04 Å². The molecule has 0 saturated carbocycles. The van der Waals surface area contributed by atoms with Crippen molar-refractivity contribution in [2.24, 2.45) is 5.73 Å². The molecular weight excluding hydrogens is 218 g/mol. The molecule has 6 heteroatoms. The van der Waals surface area contributed by atoms with Gasteiger partial charge in [-0.3, -0.25) is 10.1 Å². The Hall–Kier alpha value is -2.34. The van der Waals surface area contributed by atoms with Crippen LogP contribution >= 0.6 is 0 Å². The van der Waals surface area contributed by atoms with E-state index in [4.69, 9.17) is 5.73 Å². The van der Waals surface area contributed by atoms with Crippen molar-refractivity contribution in [3.8, 4) is 0 Å². The van der Waals surface area contributed by atoms with Crippen LogP contribution in [-0.2, 0) is 4.79 Å². The highest BCUT2D eigenvalue weighted by atomic mass is 16.2. The molecule has 1 heterocycles. The summed E-state index contributed by atoms with van der Waals surface area (Å²) < 4.78 is 0. The Morgan fingerprint density at radius 2 is 2.00 bits per heavy atom. The molecule has 6 nitrogen and oxygen atoms in total. The highest BCUT2D eigenvalue weighted by molar-refractivity contribution is 5.93. The first-order valence-electron chi connectivity index (χ1n) is 5.02. The summed E-state index contributed by atoms with van der Waals surface area (Å²) in [6.45, 7) is 0. The van der Waals surface area contributed by atoms with Crippen LogP contribution in [0.5, 0.6) is 0 Å². The monoisotopic (exact) mass is 229 g/mol. The van der Waals surface area contributed by atoms with Crippen LogP contribution < -0.4 is 11.1 Å². The van der Waals surface area contributed by atoms with Gasteiger partial charge in [0.2, 0.25) is 11.9 Å². The van der Waals surface area contributed by atoms with Gasteiger partial charge in [0.25, 0.3) is 0 Å². The van der Waals surface area contributed by atoms with Crippen molar-refractivity contribution in [3.05, 3.63) is 48.3 Å². The first kappa shape index (κ1) is 11.2. The van der Waals surface area contributed by atoms with Gasteiger partial charge in [0.05, 0.1) is 12.4 Å². The number of carbonyl (C=O) groups excluding carboxylic acids is 1. The number of amides is 1. The van der Waals surface area contributed by atoms with E-state index >= 15 is 0 Å². The third-order valence-electron chi connectivity index (χ3n) is 2.16. The number of carbonyl (C=O) groups is 1. The van der Waals surface area contributed by atoms with Gasteiger partial charge in [-0.1, -0.05) is 30.3 Å². The number of hydrogen-bond donors (Lipinski definition) is 2. The van der Waals surface area contributed by atoms with Crippen LogP contribution in [-0.4, -0.2) is 21.1 Å². The van der Waals surface area contributed by atoms with Gasteiger partial charge in [-0.2, -0.15) is 5.10 Å². The zero-order valence-corrected chi connectivity index (χ0v) is 8.95. The van der Waals surface area contributed by atoms with E-state index in [-0.39, 0.29) is 11.9 Å². The second-order valence-electron chi connectivity index (χ2n) is 3.34. The van der Waals surface area contributed by atoms with Crippen LogP contribution in [0.4, 0.5) is 5.95 Å². The van der Waals surface area contributed by atoms with Gasteiger partial charge in [0.1, 0.15) is 6.04 Å². The summed E-state index contributed by atoms with van der Waals surface area (Å²) in [5.74, 6) is -0.229. The van der Waals surface area contributed by atoms with E-state index in [9.17, 15) is 4.79 Å². The van der Waals surface area contributed by atoms with E-state index < -0.39 is 6.04 Å². The van der Waals surface area contributed by atoms with E-state index in [2.05, 4.69) is 20.5 Å². The largest absolute Gasteiger partial charge is 0.316 e. The van der Waals surface area contributed by atoms with Crippen molar-refractivity contribution in [2.75, 3.05) is 5.32 Å². The summed E-state index contributed by atoms with van der Waals surface area (Å²) in [4.78, 5) is 15.6. The molecule has 2 rings (SSSR count). The fourth-order valence-electron chi connectivity index (χ4n) is 1.30. The summed E-state index contributed by atoms with van der Waals surface area (Å²) >= 11 is 0. The van der Waals surface area contributed by atoms with Crippen LogP contribution in [0.2, 0.25) is 0 Å². The number of aromatic nitrogens is 3. The average Bonchev–Trinajstić information content (AvgIpc) is 2.40. The Labute approximate surface area is 97.9 Å². The Balaban J connectivity index is 2.06. The predicted molar refractivity (Wildman–Crippen MR) is 61.8 cm³/mol. The van der Waals surface area contributed by atoms with Crippen LogP contribution in [0.15, 0.2) is 42.7 Å². The molecule has 1 aromatic carbocycles. The van der Waals surface area contributed by atoms with Gasteiger partial charge in [-0.05, 0) is 5.56 Å². The van der Waals surface area contributed by atoms with Crippen molar-refractivity contribution in [3.63, 3.8) is 0 Å². The Bertz CT molecular complexity index is 488. The number of nitrogens with two attached hydrogens (primary N) is 1. The van der Waals surface area contributed by atoms with E-state index in [1.807, 2.05) is 18.2 Å². The minimum absolute atomic E-state index is 0.142. The minimum Gasteiger partial charge on any atom is -0.316 e. The first-order valence-corrected chi connectivity index (χ1v) is 5.02. The lowest BCUT2D eigenvalue weighted by Crippen LogP contribution is -2.28. The number of anilines is 1. The number of rotatable bonds is 3. The number of hydrogen-bond acceptors (Lipinski definition) is 5. The van der Waals surface area contributed by atoms with E-state index in [1.165, 1.54) is 12.4 Å². The SMILES string of the molecule is N[C@@H](C(=O)Nc1nccnn1)c1ccccc1. The lowest BCUT2D eigenvalue weighted by Gasteiger charge is -2.10. The molecule has 0 spiro atoms. The maximum atomic E-state index is 11.8. The Morgan fingerprint density at radius 3 is 2.65 bits per heavy atom. The fraction of sp³-hybridized carbons (Fsp3) is 0.0909. The molecule has 3 N–H and O–H groups in total. The standard InChI is InChI=1S/C11H11N5O/c12-9(8-4-2-1-3-5-8)10(17)15-11-13-6-7-14-16-11/h1-7,9H,12H2,(H,13,15,16,17)/t9-/m1/s1. The molecule has 17 heavy (non-hydrogen) atoms. The summed E-state index contributed by atoms with van der Waals surface area (Å²) in [6, 6.07) is 8.33. The zero-order chi connectivity index (χ0) is 12.1. The molecule has 0 saturated heterocycles. The topological polar surface area (TPSA) is 93.8 Å². The fourth-order valence-corrected chi connectivity index (χ4v) is 1.30. The van der Waals surface area contributed by atoms with Gasteiger partial charge in [-0.25, -0.2) is 4.98 Å². The van der Waals surface area contributed by atoms with Crippen molar-refractivity contribution in [1.82, 2.24) is 15.2 Å². The van der Waals surface area contributed by atoms with Crippen molar-refractivity contribution in [1.29, 1.82) is 0 Å². The summed E-state index contributed by atoms with van der Waals surface area (Å²) in [5.41, 5.74) is 6.53. The molecule has 0 aliphatic rings. The van der Waals surface area contributed by atoms with Crippen LogP contribution in [0.1, 0.15) is 11.6 Å². The molecular formula is C11H11N5O. The van der Waals surface area contributed by atoms with Gasteiger partial charge in [-0.15, -0.1) is 5.10 Å². The van der Waals surface area contributed by atoms with E-state index in [0.717, 1.165) is 5.56 Å². The van der Waals surface area contributed by atoms with Gasteiger partial charge in [0.15, 0.2) is 0 Å². The van der Waals surface area contributed by atoms with Crippen LogP contribution in [0, 0.1) is 0 Å². The highest BCUT2D eigenvalue weighted by Gasteiger charge is 2.16. The molecule has 1 atom stereocenters. The lowest BCUT2D eigenvalue weighted by atomic mass is 10.1. The molecule has 0 aliphatic carbocycles. The number of benzene rings is 1. The molecule has 0 bridgehead atoms. The quantitative estimate of drug-likeness (QED) is 0.799. The highest BCUT2D eigenvalue weighted by Crippen LogP contribution is 2.10. The minimum atomic E-state index is -0.750. The molecule has 0 unspecified atom stereocenters. The van der Waals surface area contributed by atoms with Gasteiger partial charge in [0, 0.05) is 0 Å². The molecule has 0 fully saturated rings. The zero-order valence-electron chi connectivity index (χ0n) is 8.95. The third kappa shape index (κ3) is 2.82. The molecule has 1 amide bonds. The normalized spacial score (nSPS) is 11.8. The Kier molecular flexibility index (Phi) is 3.37. The summed E-state index contributed by atoms with van der Waals surface area (Å²) in [7, 11) is 0. The molecule has 86 valence electrons. The second-order valence-corrected chi connectivity index (χ2v) is 3.34. The summed E-state index contributed by atoms with van der Waals surface area (Å²) in [6.07, 6.45) is 2.86. The molecule has 0 radical (unpaired) electrons. The lowest BCUT2D eigenvalue weighted by molar-refractivity contribution is -0.117. The van der Waals surface area contributed by atoms with E-state index in [1.54, 1.807) is 12.1 Å². The molecule has 2 aromatic rings. The summed E-state index contributed by atoms with van der Waals surface area (Å²) in [5, 5.41) is 9.74. The number of nitrogens with one attached hydrogen (secondary N) is 1. The van der Waals surface area contributed by atoms with Crippen LogP contribution in [0.25, 0.3) is 0 Å². The molecule has 0 aliphatic heterocycles. The third-order valence-corrected chi connectivity index (χ3v) is 2.16. The maximum absolute atomic E-state index is 11.8. The van der Waals surface area contributed by atoms with Crippen molar-refractivity contribution < 1.29 is 4.79 Å². The average molecular weight is 229 g/mol. The van der Waals surface area contributed by atoms with Gasteiger partial charge < -0.3 is 5.73 Å². The van der Waals surface area contributed by atoms with E-state index in [0.29, 0.717) is 0 Å². The van der Waals surface area contributed by atoms with Crippen LogP contribution in [0.3, 0.4) is 0 Å². The molecule has 1 aromatic heterocycles. The van der Waals surface area contributed by atoms with Crippen molar-refractivity contribution >= 4 is 11.9 Å². The van der Waals surface area contributed by atoms with Gasteiger partial charge >= 0.3 is 0 Å². The maximum Gasteiger partial charge on any atom is 0.249 e. The smallest absolute Gasteiger partial charge is 0.249 e. The second kappa shape index (κ2) is 5.13. The number of nitrogens with zero attached hydrogens (tertiary/aromatic N) is 3. The predicted octanol–water partition coefficient (Wildman–Crippen LogP) is 0.510.